The molecule has 0 atom stereocenters. The Bertz CT molecular complexity index is 1030. The molecular formula is C21H22N4O4. The Kier molecular flexibility index (Phi) is 6.57. The fourth-order valence-corrected chi connectivity index (χ4v) is 2.79. The summed E-state index contributed by atoms with van der Waals surface area (Å²) >= 11 is 0. The van der Waals surface area contributed by atoms with Gasteiger partial charge in [-0.3, -0.25) is 14.6 Å². The molecule has 0 aliphatic heterocycles. The molecule has 150 valence electrons. The molecule has 0 spiro atoms. The average Bonchev–Trinajstić information content (AvgIpc) is 2.75. The van der Waals surface area contributed by atoms with E-state index in [1.807, 2.05) is 12.1 Å². The van der Waals surface area contributed by atoms with E-state index in [4.69, 9.17) is 9.47 Å². The van der Waals surface area contributed by atoms with E-state index in [1.165, 1.54) is 17.9 Å². The van der Waals surface area contributed by atoms with E-state index < -0.39 is 0 Å². The maximum absolute atomic E-state index is 12.3. The lowest BCUT2D eigenvalue weighted by Gasteiger charge is -2.12. The standard InChI is InChI=1S/C21H22N4O4/c1-28-16-7-9-19(29-2)18(13-16)23-20(26)6-4-12-25-21(27)10-8-17(24-25)15-5-3-11-22-14-15/h3,5,7-11,13-14H,4,6,12H2,1-2H3,(H,23,26). The normalized spacial score (nSPS) is 10.4. The van der Waals surface area contributed by atoms with Crippen LogP contribution < -0.4 is 20.3 Å². The number of anilines is 1. The van der Waals surface area contributed by atoms with E-state index >= 15 is 0 Å². The predicted molar refractivity (Wildman–Crippen MR) is 109 cm³/mol. The SMILES string of the molecule is COc1ccc(OC)c(NC(=O)CCCn2nc(-c3cccnc3)ccc2=O)c1. The Morgan fingerprint density at radius 3 is 2.72 bits per heavy atom. The molecule has 2 aromatic heterocycles. The first-order valence-electron chi connectivity index (χ1n) is 9.11. The van der Waals surface area contributed by atoms with Crippen molar-refractivity contribution in [2.24, 2.45) is 0 Å². The molecule has 0 saturated carbocycles. The highest BCUT2D eigenvalue weighted by Crippen LogP contribution is 2.29. The van der Waals surface area contributed by atoms with Crippen LogP contribution in [0.2, 0.25) is 0 Å². The van der Waals surface area contributed by atoms with Gasteiger partial charge >= 0.3 is 0 Å². The largest absolute Gasteiger partial charge is 0.497 e. The van der Waals surface area contributed by atoms with Crippen molar-refractivity contribution in [2.45, 2.75) is 19.4 Å². The molecule has 1 amide bonds. The number of aryl methyl sites for hydroxylation is 1. The van der Waals surface area contributed by atoms with E-state index in [0.29, 0.717) is 35.8 Å². The third kappa shape index (κ3) is 5.19. The third-order valence-corrected chi connectivity index (χ3v) is 4.28. The molecule has 0 unspecified atom stereocenters. The maximum Gasteiger partial charge on any atom is 0.266 e. The summed E-state index contributed by atoms with van der Waals surface area (Å²) < 4.78 is 11.8. The van der Waals surface area contributed by atoms with Gasteiger partial charge < -0.3 is 14.8 Å². The first kappa shape index (κ1) is 20.1. The van der Waals surface area contributed by atoms with Crippen LogP contribution in [0, 0.1) is 0 Å². The van der Waals surface area contributed by atoms with Crippen LogP contribution in [0.15, 0.2) is 59.7 Å². The van der Waals surface area contributed by atoms with Gasteiger partial charge in [-0.15, -0.1) is 0 Å². The van der Waals surface area contributed by atoms with Gasteiger partial charge in [0.05, 0.1) is 25.6 Å². The Hall–Kier alpha value is -3.68. The quantitative estimate of drug-likeness (QED) is 0.631. The Morgan fingerprint density at radius 1 is 1.14 bits per heavy atom. The van der Waals surface area contributed by atoms with Crippen LogP contribution in [-0.2, 0) is 11.3 Å². The van der Waals surface area contributed by atoms with Crippen LogP contribution in [0.3, 0.4) is 0 Å². The number of hydrogen-bond acceptors (Lipinski definition) is 6. The lowest BCUT2D eigenvalue weighted by Crippen LogP contribution is -2.23. The number of ether oxygens (including phenoxy) is 2. The van der Waals surface area contributed by atoms with Crippen molar-refractivity contribution in [1.82, 2.24) is 14.8 Å². The van der Waals surface area contributed by atoms with E-state index in [-0.39, 0.29) is 17.9 Å². The summed E-state index contributed by atoms with van der Waals surface area (Å²) in [6, 6.07) is 12.0. The average molecular weight is 394 g/mol. The fourth-order valence-electron chi connectivity index (χ4n) is 2.79. The second kappa shape index (κ2) is 9.50. The lowest BCUT2D eigenvalue weighted by atomic mass is 10.2. The second-order valence-electron chi connectivity index (χ2n) is 6.24. The van der Waals surface area contributed by atoms with Gasteiger partial charge in [0.2, 0.25) is 5.91 Å². The highest BCUT2D eigenvalue weighted by Gasteiger charge is 2.10. The number of nitrogens with one attached hydrogen (secondary N) is 1. The third-order valence-electron chi connectivity index (χ3n) is 4.28. The lowest BCUT2D eigenvalue weighted by molar-refractivity contribution is -0.116. The molecule has 8 nitrogen and oxygen atoms in total. The molecule has 0 aliphatic rings. The van der Waals surface area contributed by atoms with Gasteiger partial charge in [0.25, 0.3) is 5.56 Å². The number of hydrogen-bond donors (Lipinski definition) is 1. The van der Waals surface area contributed by atoms with Gasteiger partial charge in [-0.05, 0) is 36.8 Å². The van der Waals surface area contributed by atoms with Crippen molar-refractivity contribution in [3.63, 3.8) is 0 Å². The summed E-state index contributed by atoms with van der Waals surface area (Å²) in [5.74, 6) is 0.971. The molecule has 3 rings (SSSR count). The van der Waals surface area contributed by atoms with Gasteiger partial charge in [-0.25, -0.2) is 4.68 Å². The van der Waals surface area contributed by atoms with Crippen LogP contribution in [0.1, 0.15) is 12.8 Å². The highest BCUT2D eigenvalue weighted by atomic mass is 16.5. The molecule has 0 aliphatic carbocycles. The molecule has 0 fully saturated rings. The minimum absolute atomic E-state index is 0.187. The van der Waals surface area contributed by atoms with Crippen LogP contribution in [0.5, 0.6) is 11.5 Å². The van der Waals surface area contributed by atoms with Gasteiger partial charge in [-0.1, -0.05) is 0 Å². The summed E-state index contributed by atoms with van der Waals surface area (Å²) in [4.78, 5) is 28.5. The van der Waals surface area contributed by atoms with Gasteiger partial charge in [0.1, 0.15) is 11.5 Å². The van der Waals surface area contributed by atoms with Gasteiger partial charge in [0, 0.05) is 43.1 Å². The smallest absolute Gasteiger partial charge is 0.266 e. The number of carbonyl (C=O) groups excluding carboxylic acids is 1. The molecule has 1 aromatic carbocycles. The second-order valence-corrected chi connectivity index (χ2v) is 6.24. The number of carbonyl (C=O) groups is 1. The molecule has 0 bridgehead atoms. The van der Waals surface area contributed by atoms with Crippen molar-refractivity contribution in [1.29, 1.82) is 0 Å². The zero-order valence-electron chi connectivity index (χ0n) is 16.3. The van der Waals surface area contributed by atoms with Crippen LogP contribution in [-0.4, -0.2) is 34.9 Å². The number of benzene rings is 1. The zero-order valence-corrected chi connectivity index (χ0v) is 16.3. The summed E-state index contributed by atoms with van der Waals surface area (Å²) in [5.41, 5.74) is 1.80. The summed E-state index contributed by atoms with van der Waals surface area (Å²) in [6.07, 6.45) is 4.05. The number of methoxy groups -OCH3 is 2. The summed E-state index contributed by atoms with van der Waals surface area (Å²) in [6.45, 7) is 0.329. The number of aromatic nitrogens is 3. The first-order chi connectivity index (χ1) is 14.1. The number of rotatable bonds is 8. The first-order valence-corrected chi connectivity index (χ1v) is 9.11. The van der Waals surface area contributed by atoms with E-state index in [2.05, 4.69) is 15.4 Å². The fraction of sp³-hybridized carbons (Fsp3) is 0.238. The number of nitrogens with zero attached hydrogens (tertiary/aromatic N) is 3. The molecule has 0 radical (unpaired) electrons. The van der Waals surface area contributed by atoms with Crippen LogP contribution in [0.4, 0.5) is 5.69 Å². The Labute approximate surface area is 168 Å². The predicted octanol–water partition coefficient (Wildman–Crippen LogP) is 2.74. The molecule has 3 aromatic rings. The van der Waals surface area contributed by atoms with E-state index in [1.54, 1.807) is 43.8 Å². The van der Waals surface area contributed by atoms with E-state index in [0.717, 1.165) is 5.56 Å². The molecule has 8 heteroatoms. The highest BCUT2D eigenvalue weighted by molar-refractivity contribution is 5.92. The Balaban J connectivity index is 1.62. The minimum atomic E-state index is -0.215. The summed E-state index contributed by atoms with van der Waals surface area (Å²) in [7, 11) is 3.09. The van der Waals surface area contributed by atoms with Crippen molar-refractivity contribution < 1.29 is 14.3 Å². The number of pyridine rings is 1. The Morgan fingerprint density at radius 2 is 2.00 bits per heavy atom. The monoisotopic (exact) mass is 394 g/mol. The number of amides is 1. The van der Waals surface area contributed by atoms with Crippen molar-refractivity contribution in [2.75, 3.05) is 19.5 Å². The maximum atomic E-state index is 12.3. The molecule has 2 heterocycles. The van der Waals surface area contributed by atoms with Crippen molar-refractivity contribution in [3.05, 3.63) is 65.2 Å². The van der Waals surface area contributed by atoms with Crippen LogP contribution in [0.25, 0.3) is 11.3 Å². The van der Waals surface area contributed by atoms with Crippen molar-refractivity contribution >= 4 is 11.6 Å². The van der Waals surface area contributed by atoms with Gasteiger partial charge in [0.15, 0.2) is 0 Å². The molecule has 0 saturated heterocycles. The molecular weight excluding hydrogens is 372 g/mol. The van der Waals surface area contributed by atoms with Crippen LogP contribution >= 0.6 is 0 Å². The minimum Gasteiger partial charge on any atom is -0.497 e. The zero-order chi connectivity index (χ0) is 20.6. The van der Waals surface area contributed by atoms with Gasteiger partial charge in [-0.2, -0.15) is 5.10 Å². The molecule has 29 heavy (non-hydrogen) atoms. The topological polar surface area (TPSA) is 95.3 Å². The summed E-state index contributed by atoms with van der Waals surface area (Å²) in [5, 5.41) is 7.18. The van der Waals surface area contributed by atoms with Crippen molar-refractivity contribution in [3.8, 4) is 22.8 Å². The molecule has 1 N–H and O–H groups in total. The van der Waals surface area contributed by atoms with E-state index in [9.17, 15) is 9.59 Å².